The molecule has 3 rings (SSSR count). The molecule has 0 heterocycles. The molecule has 4 unspecified atom stereocenters. The lowest BCUT2D eigenvalue weighted by molar-refractivity contribution is 0.277. The molecular weight excluding hydrogens is 312 g/mol. The minimum atomic E-state index is -0.501. The molecule has 4 heteroatoms. The van der Waals surface area contributed by atoms with E-state index < -0.39 is 11.6 Å². The van der Waals surface area contributed by atoms with Gasteiger partial charge < -0.3 is 5.73 Å². The second-order valence-corrected chi connectivity index (χ2v) is 6.88. The van der Waals surface area contributed by atoms with E-state index in [9.17, 15) is 8.78 Å². The van der Waals surface area contributed by atoms with Crippen LogP contribution in [0.4, 0.5) is 8.78 Å². The molecule has 104 valence electrons. The molecule has 4 atom stereocenters. The van der Waals surface area contributed by atoms with E-state index in [4.69, 9.17) is 5.73 Å². The van der Waals surface area contributed by atoms with Gasteiger partial charge in [0.25, 0.3) is 0 Å². The summed E-state index contributed by atoms with van der Waals surface area (Å²) in [5.41, 5.74) is 6.37. The van der Waals surface area contributed by atoms with Crippen LogP contribution in [-0.2, 0) is 6.42 Å². The van der Waals surface area contributed by atoms with Gasteiger partial charge in [-0.05, 0) is 71.5 Å². The molecule has 0 aromatic heterocycles. The molecule has 0 saturated heterocycles. The summed E-state index contributed by atoms with van der Waals surface area (Å²) < 4.78 is 28.0. The molecule has 2 saturated carbocycles. The van der Waals surface area contributed by atoms with E-state index in [2.05, 4.69) is 15.9 Å². The minimum Gasteiger partial charge on any atom is -0.327 e. The Morgan fingerprint density at radius 1 is 1.26 bits per heavy atom. The maximum absolute atomic E-state index is 14.0. The van der Waals surface area contributed by atoms with Crippen molar-refractivity contribution in [3.63, 3.8) is 0 Å². The van der Waals surface area contributed by atoms with Crippen LogP contribution in [0.2, 0.25) is 0 Å². The van der Waals surface area contributed by atoms with Crippen molar-refractivity contribution >= 4 is 15.9 Å². The standard InChI is InChI=1S/C15H18BrF2N/c16-12-3-4-13(17)11(15(12)18)7-14(19)10-6-8-1-2-9(10)5-8/h3-4,8-10,14H,1-2,5-7,19H2. The Bertz CT molecular complexity index is 491. The van der Waals surface area contributed by atoms with Crippen molar-refractivity contribution in [1.82, 2.24) is 0 Å². The molecule has 19 heavy (non-hydrogen) atoms. The number of rotatable bonds is 3. The highest BCUT2D eigenvalue weighted by atomic mass is 79.9. The third-order valence-corrected chi connectivity index (χ3v) is 5.53. The van der Waals surface area contributed by atoms with Gasteiger partial charge in [0.1, 0.15) is 11.6 Å². The van der Waals surface area contributed by atoms with Crippen LogP contribution in [0.1, 0.15) is 31.2 Å². The van der Waals surface area contributed by atoms with E-state index in [-0.39, 0.29) is 11.6 Å². The van der Waals surface area contributed by atoms with E-state index in [1.54, 1.807) is 0 Å². The molecule has 1 nitrogen and oxygen atoms in total. The van der Waals surface area contributed by atoms with Gasteiger partial charge in [-0.25, -0.2) is 8.78 Å². The fraction of sp³-hybridized carbons (Fsp3) is 0.600. The van der Waals surface area contributed by atoms with E-state index in [0.717, 1.165) is 12.3 Å². The Morgan fingerprint density at radius 2 is 2.05 bits per heavy atom. The van der Waals surface area contributed by atoms with Crippen LogP contribution in [0.15, 0.2) is 16.6 Å². The summed E-state index contributed by atoms with van der Waals surface area (Å²) in [7, 11) is 0. The monoisotopic (exact) mass is 329 g/mol. The highest BCUT2D eigenvalue weighted by Crippen LogP contribution is 2.49. The SMILES string of the molecule is NC(Cc1c(F)ccc(Br)c1F)C1CC2CCC1C2. The minimum absolute atomic E-state index is 0.129. The van der Waals surface area contributed by atoms with Gasteiger partial charge in [0.2, 0.25) is 0 Å². The van der Waals surface area contributed by atoms with E-state index >= 15 is 0 Å². The molecule has 0 aliphatic heterocycles. The Hall–Kier alpha value is -0.480. The first-order valence-electron chi connectivity index (χ1n) is 6.94. The molecular formula is C15H18BrF2N. The third-order valence-electron chi connectivity index (χ3n) is 4.92. The summed E-state index contributed by atoms with van der Waals surface area (Å²) in [6.45, 7) is 0. The van der Waals surface area contributed by atoms with Crippen LogP contribution < -0.4 is 5.73 Å². The summed E-state index contributed by atoms with van der Waals surface area (Å²) in [4.78, 5) is 0. The van der Waals surface area contributed by atoms with Crippen molar-refractivity contribution in [2.75, 3.05) is 0 Å². The average Bonchev–Trinajstić information content (AvgIpc) is 3.01. The van der Waals surface area contributed by atoms with E-state index in [1.165, 1.54) is 31.4 Å². The first-order chi connectivity index (χ1) is 9.06. The van der Waals surface area contributed by atoms with Crippen molar-refractivity contribution in [2.24, 2.45) is 23.5 Å². The largest absolute Gasteiger partial charge is 0.327 e. The Kier molecular flexibility index (Phi) is 3.65. The zero-order chi connectivity index (χ0) is 13.6. The normalized spacial score (nSPS) is 30.8. The number of hydrogen-bond donors (Lipinski definition) is 1. The second kappa shape index (κ2) is 5.13. The van der Waals surface area contributed by atoms with Crippen LogP contribution in [0, 0.1) is 29.4 Å². The topological polar surface area (TPSA) is 26.0 Å². The first-order valence-corrected chi connectivity index (χ1v) is 7.73. The lowest BCUT2D eigenvalue weighted by Crippen LogP contribution is -2.36. The lowest BCUT2D eigenvalue weighted by Gasteiger charge is -2.28. The van der Waals surface area contributed by atoms with Crippen LogP contribution in [0.5, 0.6) is 0 Å². The zero-order valence-corrected chi connectivity index (χ0v) is 12.3. The average molecular weight is 330 g/mol. The van der Waals surface area contributed by atoms with Crippen molar-refractivity contribution < 1.29 is 8.78 Å². The second-order valence-electron chi connectivity index (χ2n) is 6.03. The Labute approximate surface area is 120 Å². The van der Waals surface area contributed by atoms with Gasteiger partial charge in [-0.3, -0.25) is 0 Å². The van der Waals surface area contributed by atoms with Crippen molar-refractivity contribution in [3.05, 3.63) is 33.8 Å². The molecule has 2 fully saturated rings. The number of halogens is 3. The fourth-order valence-corrected chi connectivity index (χ4v) is 4.33. The smallest absolute Gasteiger partial charge is 0.143 e. The van der Waals surface area contributed by atoms with Crippen LogP contribution in [0.3, 0.4) is 0 Å². The summed E-state index contributed by atoms with van der Waals surface area (Å²) in [6.07, 6.45) is 5.26. The summed E-state index contributed by atoms with van der Waals surface area (Å²) >= 11 is 3.10. The van der Waals surface area contributed by atoms with Gasteiger partial charge >= 0.3 is 0 Å². The molecule has 1 aromatic carbocycles. The highest BCUT2D eigenvalue weighted by molar-refractivity contribution is 9.10. The van der Waals surface area contributed by atoms with Gasteiger partial charge in [-0.15, -0.1) is 0 Å². The maximum Gasteiger partial charge on any atom is 0.143 e. The molecule has 2 N–H and O–H groups in total. The predicted octanol–water partition coefficient (Wildman–Crippen LogP) is 4.03. The van der Waals surface area contributed by atoms with E-state index in [0.29, 0.717) is 22.7 Å². The van der Waals surface area contributed by atoms with Gasteiger partial charge in [0.05, 0.1) is 4.47 Å². The molecule has 0 radical (unpaired) electrons. The van der Waals surface area contributed by atoms with Gasteiger partial charge in [0, 0.05) is 11.6 Å². The maximum atomic E-state index is 14.0. The number of benzene rings is 1. The lowest BCUT2D eigenvalue weighted by atomic mass is 9.81. The predicted molar refractivity (Wildman–Crippen MR) is 74.7 cm³/mol. The van der Waals surface area contributed by atoms with Crippen molar-refractivity contribution in [2.45, 2.75) is 38.1 Å². The van der Waals surface area contributed by atoms with Crippen molar-refractivity contribution in [1.29, 1.82) is 0 Å². The quantitative estimate of drug-likeness (QED) is 0.832. The summed E-state index contributed by atoms with van der Waals surface area (Å²) in [6, 6.07) is 2.57. The molecule has 2 aliphatic rings. The van der Waals surface area contributed by atoms with Crippen molar-refractivity contribution in [3.8, 4) is 0 Å². The summed E-state index contributed by atoms with van der Waals surface area (Å²) in [5, 5.41) is 0. The molecule has 0 spiro atoms. The zero-order valence-electron chi connectivity index (χ0n) is 10.7. The molecule has 2 bridgehead atoms. The Balaban J connectivity index is 1.76. The molecule has 2 aliphatic carbocycles. The van der Waals surface area contributed by atoms with Gasteiger partial charge in [-0.2, -0.15) is 0 Å². The summed E-state index contributed by atoms with van der Waals surface area (Å²) in [5.74, 6) is 0.936. The van der Waals surface area contributed by atoms with E-state index in [1.807, 2.05) is 0 Å². The van der Waals surface area contributed by atoms with Crippen LogP contribution in [-0.4, -0.2) is 6.04 Å². The van der Waals surface area contributed by atoms with Gasteiger partial charge in [0.15, 0.2) is 0 Å². The number of fused-ring (bicyclic) bond motifs is 2. The van der Waals surface area contributed by atoms with Gasteiger partial charge in [-0.1, -0.05) is 6.42 Å². The third kappa shape index (κ3) is 2.45. The molecule has 0 amide bonds. The number of nitrogens with two attached hydrogens (primary N) is 1. The van der Waals surface area contributed by atoms with Crippen LogP contribution in [0.25, 0.3) is 0 Å². The Morgan fingerprint density at radius 3 is 2.68 bits per heavy atom. The fourth-order valence-electron chi connectivity index (χ4n) is 3.96. The first kappa shape index (κ1) is 13.5. The number of hydrogen-bond acceptors (Lipinski definition) is 1. The van der Waals surface area contributed by atoms with Crippen LogP contribution >= 0.6 is 15.9 Å². The molecule has 1 aromatic rings. The highest BCUT2D eigenvalue weighted by Gasteiger charge is 2.42.